The number of ether oxygens (including phenoxy) is 1. The number of pyridine rings is 2. The topological polar surface area (TPSA) is 129 Å². The van der Waals surface area contributed by atoms with Gasteiger partial charge in [0.05, 0.1) is 11.6 Å². The summed E-state index contributed by atoms with van der Waals surface area (Å²) in [7, 11) is 0. The smallest absolute Gasteiger partial charge is 0.410 e. The Labute approximate surface area is 272 Å². The van der Waals surface area contributed by atoms with Crippen molar-refractivity contribution in [3.63, 3.8) is 0 Å². The van der Waals surface area contributed by atoms with E-state index in [0.717, 1.165) is 16.7 Å². The Morgan fingerprint density at radius 1 is 0.872 bits per heavy atom. The summed E-state index contributed by atoms with van der Waals surface area (Å²) in [5.41, 5.74) is 2.56. The van der Waals surface area contributed by atoms with Crippen LogP contribution in [0.15, 0.2) is 116 Å². The number of ketones is 1. The standard InChI is InChI=1S/C37H32N6O4/c38-21-27-6-8-29(9-7-27)32(44)18-33-41-37(19-25-10-14-39-15-11-25,20-26-12-16-40-17-13-26)35(45)43(33)34-30-22-42(23-31(30)34)36(46)47-24-28-4-2-1-3-5-28/h1-18,30-31,34,41H,19-20,22-24H2/b33-18+. The van der Waals surface area contributed by atoms with Gasteiger partial charge in [-0.2, -0.15) is 5.26 Å². The summed E-state index contributed by atoms with van der Waals surface area (Å²) in [4.78, 5) is 53.0. The molecule has 3 fully saturated rings. The molecule has 0 radical (unpaired) electrons. The average molecular weight is 625 g/mol. The van der Waals surface area contributed by atoms with Crippen LogP contribution in [0.25, 0.3) is 0 Å². The molecule has 0 spiro atoms. The van der Waals surface area contributed by atoms with Crippen molar-refractivity contribution in [2.24, 2.45) is 11.8 Å². The molecule has 1 saturated carbocycles. The van der Waals surface area contributed by atoms with Crippen molar-refractivity contribution >= 4 is 17.8 Å². The number of nitrogens with one attached hydrogen (secondary N) is 1. The highest BCUT2D eigenvalue weighted by Gasteiger charge is 2.65. The molecule has 2 atom stereocenters. The van der Waals surface area contributed by atoms with Crippen molar-refractivity contribution in [1.82, 2.24) is 25.1 Å². The third-order valence-electron chi connectivity index (χ3n) is 9.24. The van der Waals surface area contributed by atoms with E-state index in [0.29, 0.717) is 42.9 Å². The van der Waals surface area contributed by atoms with E-state index in [1.165, 1.54) is 6.08 Å². The number of amides is 2. The molecular formula is C37H32N6O4. The second-order valence-corrected chi connectivity index (χ2v) is 12.3. The maximum atomic E-state index is 14.8. The molecule has 2 amide bonds. The van der Waals surface area contributed by atoms with E-state index in [1.807, 2.05) is 54.6 Å². The third kappa shape index (κ3) is 6.08. The zero-order chi connectivity index (χ0) is 32.4. The van der Waals surface area contributed by atoms with E-state index in [2.05, 4.69) is 21.4 Å². The zero-order valence-corrected chi connectivity index (χ0v) is 25.5. The summed E-state index contributed by atoms with van der Waals surface area (Å²) >= 11 is 0. The van der Waals surface area contributed by atoms with Crippen molar-refractivity contribution in [3.05, 3.63) is 143 Å². The molecule has 2 aliphatic heterocycles. The Morgan fingerprint density at radius 2 is 1.47 bits per heavy atom. The van der Waals surface area contributed by atoms with Crippen LogP contribution < -0.4 is 5.32 Å². The summed E-state index contributed by atoms with van der Waals surface area (Å²) in [6.07, 6.45) is 8.67. The first-order valence-electron chi connectivity index (χ1n) is 15.6. The lowest BCUT2D eigenvalue weighted by molar-refractivity contribution is -0.132. The number of allylic oxidation sites excluding steroid dienone is 1. The number of nitrogens with zero attached hydrogens (tertiary/aromatic N) is 5. The maximum absolute atomic E-state index is 14.8. The Balaban J connectivity index is 1.17. The normalized spacial score (nSPS) is 21.6. The molecule has 7 rings (SSSR count). The number of hydrogen-bond donors (Lipinski definition) is 1. The number of fused-ring (bicyclic) bond motifs is 1. The van der Waals surface area contributed by atoms with Gasteiger partial charge in [-0.25, -0.2) is 4.79 Å². The average Bonchev–Trinajstić information content (AvgIpc) is 3.44. The molecule has 2 unspecified atom stereocenters. The van der Waals surface area contributed by atoms with E-state index in [1.54, 1.807) is 58.9 Å². The van der Waals surface area contributed by atoms with Gasteiger partial charge in [0, 0.05) is 80.2 Å². The fourth-order valence-corrected chi connectivity index (χ4v) is 6.85. The van der Waals surface area contributed by atoms with Crippen LogP contribution in [0.5, 0.6) is 0 Å². The molecule has 0 bridgehead atoms. The Bertz CT molecular complexity index is 1800. The summed E-state index contributed by atoms with van der Waals surface area (Å²) < 4.78 is 5.58. The van der Waals surface area contributed by atoms with Gasteiger partial charge in [0.2, 0.25) is 0 Å². The second-order valence-electron chi connectivity index (χ2n) is 12.3. The summed E-state index contributed by atoms with van der Waals surface area (Å²) in [6, 6.07) is 25.4. The molecular weight excluding hydrogens is 592 g/mol. The minimum atomic E-state index is -1.08. The predicted molar refractivity (Wildman–Crippen MR) is 171 cm³/mol. The van der Waals surface area contributed by atoms with Gasteiger partial charge in [-0.15, -0.1) is 0 Å². The van der Waals surface area contributed by atoms with Gasteiger partial charge < -0.3 is 15.0 Å². The molecule has 1 N–H and O–H groups in total. The van der Waals surface area contributed by atoms with Crippen molar-refractivity contribution in [1.29, 1.82) is 5.26 Å². The van der Waals surface area contributed by atoms with Crippen LogP contribution in [-0.2, 0) is 29.0 Å². The molecule has 2 aromatic carbocycles. The molecule has 4 aromatic rings. The van der Waals surface area contributed by atoms with E-state index in [4.69, 9.17) is 4.74 Å². The van der Waals surface area contributed by atoms with Gasteiger partial charge >= 0.3 is 6.09 Å². The number of likely N-dealkylation sites (tertiary alicyclic amines) is 1. The second kappa shape index (κ2) is 12.5. The van der Waals surface area contributed by atoms with Gasteiger partial charge in [0.25, 0.3) is 5.91 Å². The molecule has 1 aliphatic carbocycles. The lowest BCUT2D eigenvalue weighted by Gasteiger charge is -2.28. The van der Waals surface area contributed by atoms with Gasteiger partial charge in [0.1, 0.15) is 18.0 Å². The number of rotatable bonds is 9. The highest BCUT2D eigenvalue weighted by molar-refractivity contribution is 6.06. The summed E-state index contributed by atoms with van der Waals surface area (Å²) in [5.74, 6) is 0.134. The van der Waals surface area contributed by atoms with Crippen LogP contribution in [0.2, 0.25) is 0 Å². The molecule has 2 aromatic heterocycles. The quantitative estimate of drug-likeness (QED) is 0.216. The molecule has 10 nitrogen and oxygen atoms in total. The number of nitriles is 1. The van der Waals surface area contributed by atoms with Crippen LogP contribution >= 0.6 is 0 Å². The zero-order valence-electron chi connectivity index (χ0n) is 25.5. The summed E-state index contributed by atoms with van der Waals surface area (Å²) in [5, 5.41) is 12.7. The van der Waals surface area contributed by atoms with E-state index >= 15 is 0 Å². The summed E-state index contributed by atoms with van der Waals surface area (Å²) in [6.45, 7) is 1.12. The van der Waals surface area contributed by atoms with Crippen molar-refractivity contribution < 1.29 is 19.1 Å². The van der Waals surface area contributed by atoms with Crippen LogP contribution in [0, 0.1) is 23.2 Å². The highest BCUT2D eigenvalue weighted by Crippen LogP contribution is 2.52. The molecule has 10 heteroatoms. The first-order valence-corrected chi connectivity index (χ1v) is 15.6. The van der Waals surface area contributed by atoms with Gasteiger partial charge in [-0.1, -0.05) is 30.3 Å². The van der Waals surface area contributed by atoms with E-state index in [-0.39, 0.29) is 42.3 Å². The fraction of sp³-hybridized carbons (Fsp3) is 0.243. The SMILES string of the molecule is N#Cc1ccc(C(=O)/C=C2\NC(Cc3ccncc3)(Cc3ccncc3)C(=O)N2C2C3CN(C(=O)OCc4ccccc4)CC32)cc1. The van der Waals surface area contributed by atoms with E-state index < -0.39 is 5.54 Å². The number of piperidine rings is 1. The van der Waals surface area contributed by atoms with Crippen molar-refractivity contribution in [3.8, 4) is 6.07 Å². The minimum Gasteiger partial charge on any atom is -0.445 e. The van der Waals surface area contributed by atoms with Crippen molar-refractivity contribution in [2.75, 3.05) is 13.1 Å². The first kappa shape index (κ1) is 29.9. The number of carbonyl (C=O) groups is 3. The number of aromatic nitrogens is 2. The van der Waals surface area contributed by atoms with Gasteiger partial charge in [-0.05, 0) is 65.2 Å². The highest BCUT2D eigenvalue weighted by atomic mass is 16.6. The van der Waals surface area contributed by atoms with E-state index in [9.17, 15) is 19.6 Å². The number of carbonyl (C=O) groups excluding carboxylic acids is 3. The minimum absolute atomic E-state index is 0.0519. The molecule has 47 heavy (non-hydrogen) atoms. The third-order valence-corrected chi connectivity index (χ3v) is 9.24. The van der Waals surface area contributed by atoms with Crippen LogP contribution in [0.4, 0.5) is 4.79 Å². The molecule has 3 aliphatic rings. The Kier molecular flexibility index (Phi) is 7.96. The Morgan fingerprint density at radius 3 is 2.04 bits per heavy atom. The maximum Gasteiger partial charge on any atom is 0.410 e. The number of benzene rings is 2. The van der Waals surface area contributed by atoms with Gasteiger partial charge in [-0.3, -0.25) is 24.5 Å². The predicted octanol–water partition coefficient (Wildman–Crippen LogP) is 4.30. The van der Waals surface area contributed by atoms with Gasteiger partial charge in [0.15, 0.2) is 5.78 Å². The molecule has 2 saturated heterocycles. The molecule has 234 valence electrons. The van der Waals surface area contributed by atoms with Crippen LogP contribution in [0.3, 0.4) is 0 Å². The lowest BCUT2D eigenvalue weighted by Crippen LogP contribution is -2.51. The number of hydrogen-bond acceptors (Lipinski definition) is 8. The molecule has 4 heterocycles. The Hall–Kier alpha value is -5.82. The fourth-order valence-electron chi connectivity index (χ4n) is 6.85. The monoisotopic (exact) mass is 624 g/mol. The largest absolute Gasteiger partial charge is 0.445 e. The lowest BCUT2D eigenvalue weighted by atomic mass is 9.85. The van der Waals surface area contributed by atoms with Crippen LogP contribution in [0.1, 0.15) is 32.6 Å². The first-order chi connectivity index (χ1) is 22.9. The van der Waals surface area contributed by atoms with Crippen molar-refractivity contribution in [2.45, 2.75) is 31.0 Å². The van der Waals surface area contributed by atoms with Crippen LogP contribution in [-0.4, -0.2) is 62.2 Å².